The van der Waals surface area contributed by atoms with Crippen LogP contribution < -0.4 is 0 Å². The van der Waals surface area contributed by atoms with Crippen molar-refractivity contribution in [3.63, 3.8) is 0 Å². The standard InChI is InChI=1S/C12H22OSi/c1-5-14(6-2,7-3)13-12-9-8-11(4)10-12/h8,10H,5-7,9H2,1-4H3. The lowest BCUT2D eigenvalue weighted by Gasteiger charge is -2.29. The predicted octanol–water partition coefficient (Wildman–Crippen LogP) is 4.24. The molecule has 0 atom stereocenters. The fourth-order valence-corrected chi connectivity index (χ4v) is 4.58. The highest BCUT2D eigenvalue weighted by Gasteiger charge is 2.31. The van der Waals surface area contributed by atoms with Gasteiger partial charge < -0.3 is 4.43 Å². The molecule has 0 amide bonds. The summed E-state index contributed by atoms with van der Waals surface area (Å²) >= 11 is 0. The largest absolute Gasteiger partial charge is 0.546 e. The maximum atomic E-state index is 6.26. The van der Waals surface area contributed by atoms with Crippen molar-refractivity contribution in [3.05, 3.63) is 23.5 Å². The molecular formula is C12H22OSi. The van der Waals surface area contributed by atoms with E-state index in [9.17, 15) is 0 Å². The van der Waals surface area contributed by atoms with Crippen LogP contribution in [-0.4, -0.2) is 8.32 Å². The Balaban J connectivity index is 2.61. The van der Waals surface area contributed by atoms with E-state index in [2.05, 4.69) is 39.8 Å². The third kappa shape index (κ3) is 2.50. The first-order valence-corrected chi connectivity index (χ1v) is 8.25. The van der Waals surface area contributed by atoms with Gasteiger partial charge in [-0.2, -0.15) is 0 Å². The van der Waals surface area contributed by atoms with Gasteiger partial charge in [0.05, 0.1) is 5.76 Å². The van der Waals surface area contributed by atoms with E-state index in [-0.39, 0.29) is 0 Å². The molecule has 0 saturated heterocycles. The summed E-state index contributed by atoms with van der Waals surface area (Å²) in [6.45, 7) is 8.96. The van der Waals surface area contributed by atoms with Crippen LogP contribution in [0, 0.1) is 0 Å². The van der Waals surface area contributed by atoms with Gasteiger partial charge in [0.1, 0.15) is 0 Å². The molecule has 1 aliphatic rings. The maximum absolute atomic E-state index is 6.26. The van der Waals surface area contributed by atoms with Gasteiger partial charge in [-0.15, -0.1) is 0 Å². The van der Waals surface area contributed by atoms with Crippen LogP contribution in [0.4, 0.5) is 0 Å². The second-order valence-electron chi connectivity index (χ2n) is 4.11. The van der Waals surface area contributed by atoms with Crippen LogP contribution >= 0.6 is 0 Å². The molecule has 0 aromatic carbocycles. The third-order valence-electron chi connectivity index (χ3n) is 3.29. The Morgan fingerprint density at radius 3 is 2.14 bits per heavy atom. The Morgan fingerprint density at radius 2 is 1.79 bits per heavy atom. The fourth-order valence-electron chi connectivity index (χ4n) is 1.95. The second kappa shape index (κ2) is 4.83. The third-order valence-corrected chi connectivity index (χ3v) is 7.86. The van der Waals surface area contributed by atoms with Gasteiger partial charge in [-0.05, 0) is 31.1 Å². The molecule has 80 valence electrons. The molecule has 0 radical (unpaired) electrons. The Labute approximate surface area is 89.0 Å². The van der Waals surface area contributed by atoms with Gasteiger partial charge in [0.2, 0.25) is 8.32 Å². The SMILES string of the molecule is CC[Si](CC)(CC)OC1=CC(C)=CC1. The number of allylic oxidation sites excluding steroid dienone is 3. The van der Waals surface area contributed by atoms with Crippen molar-refractivity contribution < 1.29 is 4.43 Å². The van der Waals surface area contributed by atoms with Gasteiger partial charge >= 0.3 is 0 Å². The first-order chi connectivity index (χ1) is 6.65. The van der Waals surface area contributed by atoms with E-state index in [1.54, 1.807) is 0 Å². The summed E-state index contributed by atoms with van der Waals surface area (Å²) in [5.74, 6) is 1.21. The molecule has 0 aliphatic heterocycles. The average molecular weight is 210 g/mol. The molecule has 1 aliphatic carbocycles. The van der Waals surface area contributed by atoms with Crippen molar-refractivity contribution in [2.45, 2.75) is 52.2 Å². The van der Waals surface area contributed by atoms with Crippen molar-refractivity contribution in [2.75, 3.05) is 0 Å². The molecule has 0 aromatic heterocycles. The van der Waals surface area contributed by atoms with E-state index in [4.69, 9.17) is 4.43 Å². The van der Waals surface area contributed by atoms with Crippen LogP contribution in [0.15, 0.2) is 23.5 Å². The summed E-state index contributed by atoms with van der Waals surface area (Å²) < 4.78 is 6.26. The molecular weight excluding hydrogens is 188 g/mol. The molecule has 1 rings (SSSR count). The zero-order valence-electron chi connectivity index (χ0n) is 9.89. The molecule has 0 bridgehead atoms. The summed E-state index contributed by atoms with van der Waals surface area (Å²) in [4.78, 5) is 0. The summed E-state index contributed by atoms with van der Waals surface area (Å²) in [7, 11) is -1.41. The van der Waals surface area contributed by atoms with Crippen LogP contribution in [0.5, 0.6) is 0 Å². The molecule has 14 heavy (non-hydrogen) atoms. The minimum atomic E-state index is -1.41. The van der Waals surface area contributed by atoms with E-state index < -0.39 is 8.32 Å². The molecule has 0 saturated carbocycles. The minimum Gasteiger partial charge on any atom is -0.546 e. The zero-order chi connectivity index (χ0) is 10.6. The van der Waals surface area contributed by atoms with E-state index in [1.807, 2.05) is 0 Å². The van der Waals surface area contributed by atoms with Gasteiger partial charge in [-0.3, -0.25) is 0 Å². The minimum absolute atomic E-state index is 1.01. The first kappa shape index (κ1) is 11.6. The van der Waals surface area contributed by atoms with Gasteiger partial charge in [-0.1, -0.05) is 32.4 Å². The van der Waals surface area contributed by atoms with E-state index in [0.717, 1.165) is 6.42 Å². The van der Waals surface area contributed by atoms with Gasteiger partial charge in [0, 0.05) is 6.42 Å². The van der Waals surface area contributed by atoms with Gasteiger partial charge in [0.25, 0.3) is 0 Å². The molecule has 1 nitrogen and oxygen atoms in total. The van der Waals surface area contributed by atoms with Crippen molar-refractivity contribution in [3.8, 4) is 0 Å². The Morgan fingerprint density at radius 1 is 1.21 bits per heavy atom. The molecule has 0 fully saturated rings. The Hall–Kier alpha value is -0.503. The van der Waals surface area contributed by atoms with E-state index in [0.29, 0.717) is 0 Å². The highest BCUT2D eigenvalue weighted by atomic mass is 28.4. The lowest BCUT2D eigenvalue weighted by atomic mass is 10.3. The molecule has 0 heterocycles. The lowest BCUT2D eigenvalue weighted by Crippen LogP contribution is -2.35. The molecule has 0 N–H and O–H groups in total. The molecule has 0 unspecified atom stereocenters. The van der Waals surface area contributed by atoms with E-state index in [1.165, 1.54) is 29.5 Å². The summed E-state index contributed by atoms with van der Waals surface area (Å²) in [5, 5.41) is 0. The lowest BCUT2D eigenvalue weighted by molar-refractivity contribution is 0.398. The fraction of sp³-hybridized carbons (Fsp3) is 0.667. The molecule has 0 spiro atoms. The van der Waals surface area contributed by atoms with Crippen LogP contribution in [-0.2, 0) is 4.43 Å². The number of rotatable bonds is 5. The zero-order valence-corrected chi connectivity index (χ0v) is 10.9. The second-order valence-corrected chi connectivity index (χ2v) is 8.80. The van der Waals surface area contributed by atoms with Crippen LogP contribution in [0.25, 0.3) is 0 Å². The normalized spacial score (nSPS) is 16.6. The quantitative estimate of drug-likeness (QED) is 0.617. The Bertz CT molecular complexity index is 241. The maximum Gasteiger partial charge on any atom is 0.250 e. The van der Waals surface area contributed by atoms with Crippen molar-refractivity contribution in [1.29, 1.82) is 0 Å². The van der Waals surface area contributed by atoms with Crippen LogP contribution in [0.2, 0.25) is 18.1 Å². The molecule has 0 aromatic rings. The van der Waals surface area contributed by atoms with Crippen molar-refractivity contribution >= 4 is 8.32 Å². The predicted molar refractivity (Wildman–Crippen MR) is 64.7 cm³/mol. The van der Waals surface area contributed by atoms with Crippen LogP contribution in [0.1, 0.15) is 34.1 Å². The number of hydrogen-bond donors (Lipinski definition) is 0. The smallest absolute Gasteiger partial charge is 0.250 e. The van der Waals surface area contributed by atoms with Crippen molar-refractivity contribution in [1.82, 2.24) is 0 Å². The van der Waals surface area contributed by atoms with Crippen LogP contribution in [0.3, 0.4) is 0 Å². The topological polar surface area (TPSA) is 9.23 Å². The van der Waals surface area contributed by atoms with Crippen molar-refractivity contribution in [2.24, 2.45) is 0 Å². The van der Waals surface area contributed by atoms with Gasteiger partial charge in [-0.25, -0.2) is 0 Å². The summed E-state index contributed by atoms with van der Waals surface area (Å²) in [5.41, 5.74) is 1.35. The summed E-state index contributed by atoms with van der Waals surface area (Å²) in [6.07, 6.45) is 5.46. The van der Waals surface area contributed by atoms with Gasteiger partial charge in [0.15, 0.2) is 0 Å². The highest BCUT2D eigenvalue weighted by Crippen LogP contribution is 2.28. The average Bonchev–Trinajstić information content (AvgIpc) is 2.61. The van der Waals surface area contributed by atoms with E-state index >= 15 is 0 Å². The Kier molecular flexibility index (Phi) is 3.99. The first-order valence-electron chi connectivity index (χ1n) is 5.72. The monoisotopic (exact) mass is 210 g/mol. The summed E-state index contributed by atoms with van der Waals surface area (Å²) in [6, 6.07) is 3.70. The highest BCUT2D eigenvalue weighted by molar-refractivity contribution is 6.73. The number of hydrogen-bond acceptors (Lipinski definition) is 1. The molecule has 2 heteroatoms.